The minimum atomic E-state index is -0.789. The first-order valence-electron chi connectivity index (χ1n) is 6.75. The van der Waals surface area contributed by atoms with Gasteiger partial charge >= 0.3 is 11.9 Å². The smallest absolute Gasteiger partial charge is 0.302 e. The summed E-state index contributed by atoms with van der Waals surface area (Å²) in [6.45, 7) is 2.94. The minimum absolute atomic E-state index is 0.109. The first-order valence-corrected chi connectivity index (χ1v) is 6.75. The summed E-state index contributed by atoms with van der Waals surface area (Å²) < 4.78 is 16.5. The number of esters is 2. The molecule has 0 radical (unpaired) electrons. The summed E-state index contributed by atoms with van der Waals surface area (Å²) in [6, 6.07) is 7.70. The Labute approximate surface area is 122 Å². The number of carbonyl (C=O) groups excluding carboxylic acids is 2. The largest absolute Gasteiger partial charge is 0.462 e. The van der Waals surface area contributed by atoms with E-state index in [0.717, 1.165) is 11.1 Å². The molecule has 2 bridgehead atoms. The molecule has 0 saturated carbocycles. The van der Waals surface area contributed by atoms with Crippen LogP contribution < -0.4 is 0 Å². The third kappa shape index (κ3) is 2.14. The molecule has 110 valence electrons. The van der Waals surface area contributed by atoms with Crippen molar-refractivity contribution in [1.82, 2.24) is 0 Å². The van der Waals surface area contributed by atoms with Crippen molar-refractivity contribution in [1.29, 1.82) is 0 Å². The lowest BCUT2D eigenvalue weighted by atomic mass is 9.82. The maximum atomic E-state index is 11.1. The van der Waals surface area contributed by atoms with Crippen molar-refractivity contribution >= 4 is 11.9 Å². The van der Waals surface area contributed by atoms with Crippen LogP contribution in [0.25, 0.3) is 0 Å². The molecule has 2 aliphatic rings. The SMILES string of the molecule is CC(=O)OC[C@@]12C=C[C@@](COC(C)=O)(O1)c1ccccc12. The normalized spacial score (nSPS) is 28.3. The van der Waals surface area contributed by atoms with Crippen LogP contribution in [0, 0.1) is 0 Å². The highest BCUT2D eigenvalue weighted by atomic mass is 16.6. The molecule has 0 aliphatic carbocycles. The molecular weight excluding hydrogens is 272 g/mol. The molecule has 5 heteroatoms. The lowest BCUT2D eigenvalue weighted by Crippen LogP contribution is -2.32. The summed E-state index contributed by atoms with van der Waals surface area (Å²) in [5, 5.41) is 0. The van der Waals surface area contributed by atoms with E-state index < -0.39 is 11.2 Å². The molecule has 2 aliphatic heterocycles. The highest BCUT2D eigenvalue weighted by Crippen LogP contribution is 2.54. The van der Waals surface area contributed by atoms with Gasteiger partial charge in [0.25, 0.3) is 0 Å². The highest BCUT2D eigenvalue weighted by molar-refractivity contribution is 5.67. The molecule has 0 spiro atoms. The molecule has 0 amide bonds. The van der Waals surface area contributed by atoms with Gasteiger partial charge in [0.15, 0.2) is 0 Å². The van der Waals surface area contributed by atoms with Crippen molar-refractivity contribution < 1.29 is 23.8 Å². The molecule has 0 unspecified atom stereocenters. The standard InChI is InChI=1S/C16H16O5/c1-11(17)19-9-15-7-8-16(21-15,10-20-12(2)18)14-6-4-3-5-13(14)15/h3-8H,9-10H2,1-2H3/t15-,16+. The fraction of sp³-hybridized carbons (Fsp3) is 0.375. The van der Waals surface area contributed by atoms with E-state index in [9.17, 15) is 9.59 Å². The first-order chi connectivity index (χ1) is 9.97. The van der Waals surface area contributed by atoms with E-state index in [-0.39, 0.29) is 25.2 Å². The second kappa shape index (κ2) is 4.70. The number of rotatable bonds is 4. The monoisotopic (exact) mass is 288 g/mol. The summed E-state index contributed by atoms with van der Waals surface area (Å²) in [6.07, 6.45) is 3.75. The fourth-order valence-electron chi connectivity index (χ4n) is 2.90. The summed E-state index contributed by atoms with van der Waals surface area (Å²) in [5.74, 6) is -0.716. The summed E-state index contributed by atoms with van der Waals surface area (Å²) in [4.78, 5) is 22.2. The van der Waals surface area contributed by atoms with Gasteiger partial charge < -0.3 is 14.2 Å². The van der Waals surface area contributed by atoms with Gasteiger partial charge in [-0.3, -0.25) is 9.59 Å². The molecule has 1 aromatic carbocycles. The van der Waals surface area contributed by atoms with Crippen molar-refractivity contribution in [3.63, 3.8) is 0 Å². The van der Waals surface area contributed by atoms with Crippen LogP contribution in [-0.4, -0.2) is 25.2 Å². The lowest BCUT2D eigenvalue weighted by Gasteiger charge is -2.25. The quantitative estimate of drug-likeness (QED) is 0.624. The van der Waals surface area contributed by atoms with E-state index in [1.54, 1.807) is 0 Å². The van der Waals surface area contributed by atoms with E-state index >= 15 is 0 Å². The zero-order valence-electron chi connectivity index (χ0n) is 11.9. The molecule has 0 fully saturated rings. The zero-order valence-corrected chi connectivity index (χ0v) is 11.9. The number of benzene rings is 1. The Balaban J connectivity index is 1.95. The molecule has 3 rings (SSSR count). The summed E-state index contributed by atoms with van der Waals surface area (Å²) in [7, 11) is 0. The van der Waals surface area contributed by atoms with Gasteiger partial charge in [-0.05, 0) is 23.3 Å². The van der Waals surface area contributed by atoms with Crippen molar-refractivity contribution in [2.45, 2.75) is 25.0 Å². The Kier molecular flexibility index (Phi) is 3.10. The van der Waals surface area contributed by atoms with Gasteiger partial charge in [0.05, 0.1) is 0 Å². The van der Waals surface area contributed by atoms with Crippen LogP contribution in [0.5, 0.6) is 0 Å². The van der Waals surface area contributed by atoms with Crippen LogP contribution >= 0.6 is 0 Å². The average molecular weight is 288 g/mol. The number of hydrogen-bond acceptors (Lipinski definition) is 5. The summed E-state index contributed by atoms with van der Waals surface area (Å²) >= 11 is 0. The highest BCUT2D eigenvalue weighted by Gasteiger charge is 2.56. The maximum absolute atomic E-state index is 11.1. The van der Waals surface area contributed by atoms with Crippen LogP contribution in [0.1, 0.15) is 25.0 Å². The molecule has 1 aromatic rings. The third-order valence-electron chi connectivity index (χ3n) is 3.80. The van der Waals surface area contributed by atoms with Gasteiger partial charge in [-0.15, -0.1) is 0 Å². The van der Waals surface area contributed by atoms with Crippen molar-refractivity contribution in [2.24, 2.45) is 0 Å². The topological polar surface area (TPSA) is 61.8 Å². The van der Waals surface area contributed by atoms with Gasteiger partial charge in [0, 0.05) is 13.8 Å². The van der Waals surface area contributed by atoms with Crippen molar-refractivity contribution in [3.8, 4) is 0 Å². The second-order valence-electron chi connectivity index (χ2n) is 5.32. The number of ether oxygens (including phenoxy) is 3. The molecule has 0 aromatic heterocycles. The third-order valence-corrected chi connectivity index (χ3v) is 3.80. The number of hydrogen-bond donors (Lipinski definition) is 0. The zero-order chi connectivity index (χ0) is 15.1. The number of fused-ring (bicyclic) bond motifs is 5. The Hall–Kier alpha value is -2.14. The van der Waals surface area contributed by atoms with Crippen LogP contribution in [0.3, 0.4) is 0 Å². The molecular formula is C16H16O5. The van der Waals surface area contributed by atoms with Gasteiger partial charge in [-0.1, -0.05) is 24.3 Å². The van der Waals surface area contributed by atoms with Gasteiger partial charge in [-0.25, -0.2) is 0 Å². The van der Waals surface area contributed by atoms with E-state index in [1.165, 1.54) is 13.8 Å². The Bertz CT molecular complexity index is 582. The van der Waals surface area contributed by atoms with E-state index in [4.69, 9.17) is 14.2 Å². The average Bonchev–Trinajstić information content (AvgIpc) is 2.97. The fourth-order valence-corrected chi connectivity index (χ4v) is 2.90. The van der Waals surface area contributed by atoms with Crippen LogP contribution in [-0.2, 0) is 35.0 Å². The second-order valence-corrected chi connectivity index (χ2v) is 5.32. The van der Waals surface area contributed by atoms with E-state index in [2.05, 4.69) is 0 Å². The summed E-state index contributed by atoms with van der Waals surface area (Å²) in [5.41, 5.74) is 0.312. The van der Waals surface area contributed by atoms with Crippen LogP contribution in [0.2, 0.25) is 0 Å². The van der Waals surface area contributed by atoms with Gasteiger partial charge in [0.1, 0.15) is 24.4 Å². The lowest BCUT2D eigenvalue weighted by molar-refractivity contribution is -0.165. The van der Waals surface area contributed by atoms with Crippen LogP contribution in [0.4, 0.5) is 0 Å². The van der Waals surface area contributed by atoms with Crippen molar-refractivity contribution in [3.05, 3.63) is 47.5 Å². The minimum Gasteiger partial charge on any atom is -0.462 e. The molecule has 2 heterocycles. The maximum Gasteiger partial charge on any atom is 0.302 e. The van der Waals surface area contributed by atoms with Crippen LogP contribution in [0.15, 0.2) is 36.4 Å². The number of carbonyl (C=O) groups is 2. The first kappa shape index (κ1) is 13.8. The predicted octanol–water partition coefficient (Wildman–Crippen LogP) is 1.80. The van der Waals surface area contributed by atoms with Crippen molar-refractivity contribution in [2.75, 3.05) is 13.2 Å². The van der Waals surface area contributed by atoms with E-state index in [0.29, 0.717) is 0 Å². The van der Waals surface area contributed by atoms with E-state index in [1.807, 2.05) is 36.4 Å². The van der Waals surface area contributed by atoms with Gasteiger partial charge in [0.2, 0.25) is 0 Å². The Morgan fingerprint density at radius 3 is 1.76 bits per heavy atom. The molecule has 2 atom stereocenters. The Morgan fingerprint density at radius 1 is 0.952 bits per heavy atom. The van der Waals surface area contributed by atoms with Gasteiger partial charge in [-0.2, -0.15) is 0 Å². The molecule has 5 nitrogen and oxygen atoms in total. The predicted molar refractivity (Wildman–Crippen MR) is 73.3 cm³/mol. The molecule has 21 heavy (non-hydrogen) atoms. The molecule has 0 N–H and O–H groups in total. The Morgan fingerprint density at radius 2 is 1.38 bits per heavy atom. The molecule has 0 saturated heterocycles.